The predicted molar refractivity (Wildman–Crippen MR) is 102 cm³/mol. The molecule has 2 aromatic heterocycles. The highest BCUT2D eigenvalue weighted by molar-refractivity contribution is 8.00. The Kier molecular flexibility index (Phi) is 5.43. The van der Waals surface area contributed by atoms with Crippen molar-refractivity contribution in [3.8, 4) is 11.5 Å². The summed E-state index contributed by atoms with van der Waals surface area (Å²) >= 11 is 2.72. The number of nitrogens with zero attached hydrogens (tertiary/aromatic N) is 3. The lowest BCUT2D eigenvalue weighted by atomic mass is 10.2. The van der Waals surface area contributed by atoms with E-state index in [1.54, 1.807) is 18.2 Å². The third-order valence-electron chi connectivity index (χ3n) is 3.52. The van der Waals surface area contributed by atoms with E-state index >= 15 is 0 Å². The molecule has 0 saturated carbocycles. The maximum Gasteiger partial charge on any atom is 0.273 e. The first kappa shape index (κ1) is 18.2. The van der Waals surface area contributed by atoms with Crippen LogP contribution in [0.5, 0.6) is 11.5 Å². The number of thiazole rings is 1. The monoisotopic (exact) mass is 392 g/mol. The number of hydrogen-bond acceptors (Lipinski definition) is 8. The fourth-order valence-corrected chi connectivity index (χ4v) is 3.76. The van der Waals surface area contributed by atoms with Crippen molar-refractivity contribution in [3.63, 3.8) is 0 Å². The second-order valence-electron chi connectivity index (χ2n) is 5.13. The van der Waals surface area contributed by atoms with E-state index in [1.165, 1.54) is 48.2 Å². The first-order chi connectivity index (χ1) is 12.5. The Hall–Kier alpha value is -2.59. The molecule has 0 aliphatic carbocycles. The summed E-state index contributed by atoms with van der Waals surface area (Å²) in [6.07, 6.45) is 3.22. The Balaban J connectivity index is 1.79. The number of hydrogen-bond donors (Lipinski definition) is 1. The first-order valence-corrected chi connectivity index (χ1v) is 9.51. The van der Waals surface area contributed by atoms with Gasteiger partial charge >= 0.3 is 0 Å². The molecule has 0 fully saturated rings. The van der Waals surface area contributed by atoms with Crippen molar-refractivity contribution in [2.24, 2.45) is 0 Å². The fraction of sp³-hybridized carbons (Fsp3) is 0.250. The number of methoxy groups -OCH3 is 2. The molecule has 0 bridgehead atoms. The van der Waals surface area contributed by atoms with Crippen LogP contribution in [0.4, 0.5) is 5.69 Å². The fourth-order valence-electron chi connectivity index (χ4n) is 2.30. The van der Waals surface area contributed by atoms with Gasteiger partial charge in [0, 0.05) is 11.8 Å². The molecular weight excluding hydrogens is 376 g/mol. The highest BCUT2D eigenvalue weighted by atomic mass is 32.2. The number of fused-ring (bicyclic) bond motifs is 1. The van der Waals surface area contributed by atoms with E-state index in [1.807, 2.05) is 6.26 Å². The molecule has 0 saturated heterocycles. The van der Waals surface area contributed by atoms with Gasteiger partial charge in [-0.15, -0.1) is 11.3 Å². The van der Waals surface area contributed by atoms with Gasteiger partial charge in [-0.1, -0.05) is 11.8 Å². The number of nitrogens with one attached hydrogen (secondary N) is 1. The van der Waals surface area contributed by atoms with Crippen LogP contribution in [0.15, 0.2) is 33.7 Å². The molecule has 0 unspecified atom stereocenters. The average Bonchev–Trinajstić information content (AvgIpc) is 3.08. The van der Waals surface area contributed by atoms with Crippen molar-refractivity contribution in [1.82, 2.24) is 14.5 Å². The normalized spacial score (nSPS) is 10.7. The smallest absolute Gasteiger partial charge is 0.273 e. The van der Waals surface area contributed by atoms with Crippen LogP contribution in [0.2, 0.25) is 0 Å². The summed E-state index contributed by atoms with van der Waals surface area (Å²) in [4.78, 5) is 33.2. The minimum atomic E-state index is -0.352. The van der Waals surface area contributed by atoms with Gasteiger partial charge < -0.3 is 14.8 Å². The van der Waals surface area contributed by atoms with Crippen LogP contribution >= 0.6 is 23.1 Å². The van der Waals surface area contributed by atoms with E-state index in [0.717, 1.165) is 4.34 Å². The second kappa shape index (κ2) is 7.75. The molecule has 8 nitrogen and oxygen atoms in total. The van der Waals surface area contributed by atoms with E-state index in [0.29, 0.717) is 27.5 Å². The molecule has 2 heterocycles. The van der Waals surface area contributed by atoms with E-state index in [-0.39, 0.29) is 18.0 Å². The zero-order valence-corrected chi connectivity index (χ0v) is 15.9. The Bertz CT molecular complexity index is 1020. The summed E-state index contributed by atoms with van der Waals surface area (Å²) in [5, 5.41) is 2.73. The van der Waals surface area contributed by atoms with Gasteiger partial charge in [0.25, 0.3) is 5.56 Å². The molecule has 1 amide bonds. The van der Waals surface area contributed by atoms with Crippen LogP contribution in [-0.4, -0.2) is 40.9 Å². The van der Waals surface area contributed by atoms with Crippen molar-refractivity contribution >= 4 is 45.0 Å². The van der Waals surface area contributed by atoms with Crippen LogP contribution in [0.1, 0.15) is 0 Å². The molecule has 10 heteroatoms. The van der Waals surface area contributed by atoms with Gasteiger partial charge in [-0.3, -0.25) is 14.2 Å². The lowest BCUT2D eigenvalue weighted by molar-refractivity contribution is -0.116. The third kappa shape index (κ3) is 3.65. The number of anilines is 1. The maximum absolute atomic E-state index is 12.5. The number of rotatable bonds is 6. The average molecular weight is 392 g/mol. The van der Waals surface area contributed by atoms with Gasteiger partial charge in [-0.05, 0) is 18.4 Å². The van der Waals surface area contributed by atoms with Gasteiger partial charge in [-0.25, -0.2) is 9.97 Å². The zero-order chi connectivity index (χ0) is 18.7. The highest BCUT2D eigenvalue weighted by Gasteiger charge is 2.13. The number of amides is 1. The molecule has 3 rings (SSSR count). The van der Waals surface area contributed by atoms with Crippen molar-refractivity contribution in [2.75, 3.05) is 25.8 Å². The van der Waals surface area contributed by atoms with Gasteiger partial charge in [0.15, 0.2) is 21.5 Å². The van der Waals surface area contributed by atoms with Gasteiger partial charge in [0.2, 0.25) is 5.91 Å². The first-order valence-electron chi connectivity index (χ1n) is 7.47. The summed E-state index contributed by atoms with van der Waals surface area (Å²) < 4.78 is 12.8. The molecule has 3 aromatic rings. The standard InChI is InChI=1S/C16H16N4O4S2/c1-23-10-5-4-9(6-11(10)24-2)18-12(21)7-20-8-17-14-13(15(20)22)26-16(19-14)25-3/h4-6,8H,7H2,1-3H3,(H,18,21). The van der Waals surface area contributed by atoms with Crippen LogP contribution in [0.3, 0.4) is 0 Å². The Morgan fingerprint density at radius 2 is 2.08 bits per heavy atom. The van der Waals surface area contributed by atoms with Crippen LogP contribution in [-0.2, 0) is 11.3 Å². The summed E-state index contributed by atoms with van der Waals surface area (Å²) in [7, 11) is 3.05. The molecule has 26 heavy (non-hydrogen) atoms. The van der Waals surface area contributed by atoms with Crippen molar-refractivity contribution in [1.29, 1.82) is 0 Å². The van der Waals surface area contributed by atoms with E-state index in [4.69, 9.17) is 9.47 Å². The molecule has 1 aromatic carbocycles. The van der Waals surface area contributed by atoms with Crippen LogP contribution < -0.4 is 20.3 Å². The summed E-state index contributed by atoms with van der Waals surface area (Å²) in [5.41, 5.74) is 0.661. The number of thioether (sulfide) groups is 1. The van der Waals surface area contributed by atoms with E-state index in [2.05, 4.69) is 15.3 Å². The number of carbonyl (C=O) groups excluding carboxylic acids is 1. The molecule has 1 N–H and O–H groups in total. The Morgan fingerprint density at radius 3 is 2.77 bits per heavy atom. The van der Waals surface area contributed by atoms with Gasteiger partial charge in [0.05, 0.1) is 14.2 Å². The Labute approximate surface area is 157 Å². The minimum absolute atomic E-state index is 0.150. The Morgan fingerprint density at radius 1 is 1.31 bits per heavy atom. The van der Waals surface area contributed by atoms with E-state index in [9.17, 15) is 9.59 Å². The highest BCUT2D eigenvalue weighted by Crippen LogP contribution is 2.29. The second-order valence-corrected chi connectivity index (χ2v) is 7.18. The maximum atomic E-state index is 12.5. The molecule has 0 aliphatic rings. The summed E-state index contributed by atoms with van der Waals surface area (Å²) in [6, 6.07) is 5.03. The zero-order valence-electron chi connectivity index (χ0n) is 14.3. The SMILES string of the molecule is COc1ccc(NC(=O)Cn2cnc3nc(SC)sc3c2=O)cc1OC. The van der Waals surface area contributed by atoms with Crippen LogP contribution in [0.25, 0.3) is 10.3 Å². The molecule has 0 aliphatic heterocycles. The summed E-state index contributed by atoms with van der Waals surface area (Å²) in [5.74, 6) is 0.709. The minimum Gasteiger partial charge on any atom is -0.493 e. The molecular formula is C16H16N4O4S2. The van der Waals surface area contributed by atoms with Crippen molar-refractivity contribution in [3.05, 3.63) is 34.9 Å². The number of aromatic nitrogens is 3. The van der Waals surface area contributed by atoms with Crippen molar-refractivity contribution < 1.29 is 14.3 Å². The lowest BCUT2D eigenvalue weighted by Crippen LogP contribution is -2.27. The van der Waals surface area contributed by atoms with Gasteiger partial charge in [-0.2, -0.15) is 0 Å². The largest absolute Gasteiger partial charge is 0.493 e. The molecule has 0 spiro atoms. The number of ether oxygens (including phenoxy) is 2. The summed E-state index contributed by atoms with van der Waals surface area (Å²) in [6.45, 7) is -0.150. The predicted octanol–water partition coefficient (Wildman–Crippen LogP) is 2.23. The molecule has 0 atom stereocenters. The number of benzene rings is 1. The van der Waals surface area contributed by atoms with Crippen LogP contribution in [0, 0.1) is 0 Å². The topological polar surface area (TPSA) is 95.3 Å². The lowest BCUT2D eigenvalue weighted by Gasteiger charge is -2.11. The number of carbonyl (C=O) groups is 1. The quantitative estimate of drug-likeness (QED) is 0.643. The third-order valence-corrected chi connectivity index (χ3v) is 5.54. The van der Waals surface area contributed by atoms with Gasteiger partial charge in [0.1, 0.15) is 17.6 Å². The molecule has 136 valence electrons. The van der Waals surface area contributed by atoms with E-state index < -0.39 is 0 Å². The van der Waals surface area contributed by atoms with Crippen molar-refractivity contribution in [2.45, 2.75) is 10.9 Å². The molecule has 0 radical (unpaired) electrons.